The summed E-state index contributed by atoms with van der Waals surface area (Å²) in [6, 6.07) is 17.3. The van der Waals surface area contributed by atoms with Crippen LogP contribution in [-0.2, 0) is 12.8 Å². The van der Waals surface area contributed by atoms with Gasteiger partial charge in [-0.25, -0.2) is 14.4 Å². The predicted octanol–water partition coefficient (Wildman–Crippen LogP) is 3.65. The molecule has 0 unspecified atom stereocenters. The first-order valence-electron chi connectivity index (χ1n) is 7.14. The molecule has 0 atom stereocenters. The van der Waals surface area contributed by atoms with E-state index in [2.05, 4.69) is 9.97 Å². The van der Waals surface area contributed by atoms with Crippen LogP contribution in [0.3, 0.4) is 0 Å². The van der Waals surface area contributed by atoms with E-state index < -0.39 is 0 Å². The van der Waals surface area contributed by atoms with Crippen LogP contribution >= 0.6 is 0 Å². The average molecular weight is 293 g/mol. The zero-order valence-corrected chi connectivity index (χ0v) is 12.0. The van der Waals surface area contributed by atoms with E-state index in [0.717, 1.165) is 17.5 Å². The van der Waals surface area contributed by atoms with Gasteiger partial charge in [-0.3, -0.25) is 0 Å². The third kappa shape index (κ3) is 3.11. The molecule has 110 valence electrons. The fourth-order valence-electron chi connectivity index (χ4n) is 2.32. The summed E-state index contributed by atoms with van der Waals surface area (Å²) >= 11 is 0. The normalized spacial score (nSPS) is 10.6. The highest BCUT2D eigenvalue weighted by molar-refractivity contribution is 5.71. The van der Waals surface area contributed by atoms with Crippen molar-refractivity contribution in [3.05, 3.63) is 77.9 Å². The van der Waals surface area contributed by atoms with E-state index >= 15 is 0 Å². The molecule has 0 spiro atoms. The molecule has 2 aromatic carbocycles. The van der Waals surface area contributed by atoms with E-state index in [4.69, 9.17) is 5.73 Å². The van der Waals surface area contributed by atoms with Crippen molar-refractivity contribution >= 4 is 5.69 Å². The quantitative estimate of drug-likeness (QED) is 0.747. The molecule has 0 aliphatic heterocycles. The van der Waals surface area contributed by atoms with E-state index in [0.29, 0.717) is 23.6 Å². The van der Waals surface area contributed by atoms with E-state index in [1.807, 2.05) is 48.5 Å². The monoisotopic (exact) mass is 293 g/mol. The van der Waals surface area contributed by atoms with Gasteiger partial charge in [0.15, 0.2) is 11.6 Å². The number of hydrogen-bond donors (Lipinski definition) is 1. The molecule has 0 aliphatic rings. The molecule has 2 N–H and O–H groups in total. The third-order valence-corrected chi connectivity index (χ3v) is 3.51. The number of aryl methyl sites for hydroxylation is 2. The Morgan fingerprint density at radius 2 is 1.64 bits per heavy atom. The highest BCUT2D eigenvalue weighted by Crippen LogP contribution is 2.22. The average Bonchev–Trinajstić information content (AvgIpc) is 2.56. The van der Waals surface area contributed by atoms with Gasteiger partial charge < -0.3 is 5.73 Å². The molecule has 0 radical (unpaired) electrons. The van der Waals surface area contributed by atoms with Crippen LogP contribution < -0.4 is 5.73 Å². The summed E-state index contributed by atoms with van der Waals surface area (Å²) in [4.78, 5) is 8.41. The van der Waals surface area contributed by atoms with Gasteiger partial charge in [-0.15, -0.1) is 0 Å². The number of aromatic nitrogens is 2. The second-order valence-corrected chi connectivity index (χ2v) is 5.06. The van der Waals surface area contributed by atoms with E-state index in [1.54, 1.807) is 6.07 Å². The maximum atomic E-state index is 13.9. The summed E-state index contributed by atoms with van der Waals surface area (Å²) in [5.74, 6) is 0.0803. The minimum Gasteiger partial charge on any atom is -0.398 e. The summed E-state index contributed by atoms with van der Waals surface area (Å²) in [6.07, 6.45) is 2.48. The number of anilines is 1. The van der Waals surface area contributed by atoms with Gasteiger partial charge in [0.2, 0.25) is 0 Å². The van der Waals surface area contributed by atoms with Crippen LogP contribution in [0.15, 0.2) is 60.8 Å². The fourth-order valence-corrected chi connectivity index (χ4v) is 2.32. The lowest BCUT2D eigenvalue weighted by Gasteiger charge is -2.07. The van der Waals surface area contributed by atoms with Crippen molar-refractivity contribution in [2.75, 3.05) is 5.73 Å². The lowest BCUT2D eigenvalue weighted by molar-refractivity contribution is 0.590. The van der Waals surface area contributed by atoms with Crippen molar-refractivity contribution < 1.29 is 4.39 Å². The van der Waals surface area contributed by atoms with Crippen LogP contribution in [0.5, 0.6) is 0 Å². The Kier molecular flexibility index (Phi) is 4.10. The number of nitrogens with two attached hydrogens (primary N) is 1. The van der Waals surface area contributed by atoms with Gasteiger partial charge in [-0.05, 0) is 30.5 Å². The number of hydrogen-bond acceptors (Lipinski definition) is 3. The van der Waals surface area contributed by atoms with Crippen LogP contribution in [0.25, 0.3) is 11.4 Å². The van der Waals surface area contributed by atoms with Crippen molar-refractivity contribution in [3.63, 3.8) is 0 Å². The predicted molar refractivity (Wildman–Crippen MR) is 85.7 cm³/mol. The minimum atomic E-state index is -0.380. The molecular weight excluding hydrogens is 277 g/mol. The Morgan fingerprint density at radius 1 is 0.909 bits per heavy atom. The lowest BCUT2D eigenvalue weighted by atomic mass is 10.1. The van der Waals surface area contributed by atoms with Crippen molar-refractivity contribution in [1.29, 1.82) is 0 Å². The van der Waals surface area contributed by atoms with Gasteiger partial charge >= 0.3 is 0 Å². The summed E-state index contributed by atoms with van der Waals surface area (Å²) < 4.78 is 13.9. The van der Waals surface area contributed by atoms with Gasteiger partial charge in [-0.1, -0.05) is 42.5 Å². The van der Waals surface area contributed by atoms with Crippen LogP contribution in [0.4, 0.5) is 10.1 Å². The maximum absolute atomic E-state index is 13.9. The number of nitrogen functional groups attached to an aromatic ring is 1. The van der Waals surface area contributed by atoms with Crippen molar-refractivity contribution in [2.24, 2.45) is 0 Å². The van der Waals surface area contributed by atoms with Crippen molar-refractivity contribution in [2.45, 2.75) is 12.8 Å². The third-order valence-electron chi connectivity index (χ3n) is 3.51. The van der Waals surface area contributed by atoms with Crippen LogP contribution in [0.1, 0.15) is 11.3 Å². The Morgan fingerprint density at radius 3 is 2.41 bits per heavy atom. The molecule has 0 bridgehead atoms. The first-order chi connectivity index (χ1) is 10.7. The van der Waals surface area contributed by atoms with Gasteiger partial charge in [-0.2, -0.15) is 0 Å². The highest BCUT2D eigenvalue weighted by Gasteiger charge is 2.10. The summed E-state index contributed by atoms with van der Waals surface area (Å²) in [5.41, 5.74) is 8.81. The Labute approximate surface area is 128 Å². The van der Waals surface area contributed by atoms with Crippen LogP contribution in [0, 0.1) is 5.82 Å². The van der Waals surface area contributed by atoms with Crippen molar-refractivity contribution in [1.82, 2.24) is 9.97 Å². The largest absolute Gasteiger partial charge is 0.398 e. The van der Waals surface area contributed by atoms with Gasteiger partial charge in [0.1, 0.15) is 0 Å². The number of nitrogens with zero attached hydrogens (tertiary/aromatic N) is 2. The molecule has 3 rings (SSSR count). The molecule has 4 heteroatoms. The molecule has 0 saturated heterocycles. The number of para-hydroxylation sites is 1. The molecule has 22 heavy (non-hydrogen) atoms. The highest BCUT2D eigenvalue weighted by atomic mass is 19.1. The van der Waals surface area contributed by atoms with Gasteiger partial charge in [0.05, 0.1) is 11.9 Å². The first kappa shape index (κ1) is 14.2. The topological polar surface area (TPSA) is 51.8 Å². The molecule has 0 saturated carbocycles. The van der Waals surface area contributed by atoms with Gasteiger partial charge in [0.25, 0.3) is 0 Å². The maximum Gasteiger partial charge on any atom is 0.163 e. The standard InChI is InChI=1S/C18H16FN3/c19-15-12-21-18(14-8-4-5-9-16(14)20)22-17(15)11-10-13-6-2-1-3-7-13/h1-9,12H,10-11,20H2. The summed E-state index contributed by atoms with van der Waals surface area (Å²) in [5, 5.41) is 0. The SMILES string of the molecule is Nc1ccccc1-c1ncc(F)c(CCc2ccccc2)n1. The second kappa shape index (κ2) is 6.35. The molecule has 3 nitrogen and oxygen atoms in total. The number of halogens is 1. The Hall–Kier alpha value is -2.75. The molecule has 0 aliphatic carbocycles. The zero-order valence-electron chi connectivity index (χ0n) is 12.0. The number of benzene rings is 2. The lowest BCUT2D eigenvalue weighted by Crippen LogP contribution is -2.03. The van der Waals surface area contributed by atoms with E-state index in [-0.39, 0.29) is 5.82 Å². The van der Waals surface area contributed by atoms with Crippen LogP contribution in [-0.4, -0.2) is 9.97 Å². The van der Waals surface area contributed by atoms with Gasteiger partial charge in [0, 0.05) is 11.3 Å². The van der Waals surface area contributed by atoms with Crippen LogP contribution in [0.2, 0.25) is 0 Å². The zero-order chi connectivity index (χ0) is 15.4. The molecule has 0 amide bonds. The summed E-state index contributed by atoms with van der Waals surface area (Å²) in [7, 11) is 0. The Bertz CT molecular complexity index is 772. The van der Waals surface area contributed by atoms with E-state index in [9.17, 15) is 4.39 Å². The molecule has 1 heterocycles. The van der Waals surface area contributed by atoms with E-state index in [1.165, 1.54) is 6.20 Å². The molecule has 3 aromatic rings. The van der Waals surface area contributed by atoms with Crippen molar-refractivity contribution in [3.8, 4) is 11.4 Å². The fraction of sp³-hybridized carbons (Fsp3) is 0.111. The molecule has 1 aromatic heterocycles. The smallest absolute Gasteiger partial charge is 0.163 e. The first-order valence-corrected chi connectivity index (χ1v) is 7.14. The summed E-state index contributed by atoms with van der Waals surface area (Å²) in [6.45, 7) is 0. The molecule has 0 fully saturated rings. The number of rotatable bonds is 4. The minimum absolute atomic E-state index is 0.380. The second-order valence-electron chi connectivity index (χ2n) is 5.06. The molecular formula is C18H16FN3. The Balaban J connectivity index is 1.86.